The van der Waals surface area contributed by atoms with Crippen LogP contribution in [0.15, 0.2) is 53.3 Å². The first-order valence-electron chi connectivity index (χ1n) is 8.61. The zero-order valence-electron chi connectivity index (χ0n) is 14.9. The normalized spacial score (nSPS) is 11.2. The Morgan fingerprint density at radius 1 is 1.19 bits per heavy atom. The molecule has 0 saturated carbocycles. The molecule has 0 unspecified atom stereocenters. The number of amides is 1. The third-order valence-electron chi connectivity index (χ3n) is 4.00. The zero-order valence-corrected chi connectivity index (χ0v) is 16.5. The number of carbonyl (C=O) groups excluding carboxylic acids is 1. The largest absolute Gasteiger partial charge is 0.326 e. The Morgan fingerprint density at radius 3 is 2.69 bits per heavy atom. The summed E-state index contributed by atoms with van der Waals surface area (Å²) in [5.74, 6) is 1.69. The van der Waals surface area contributed by atoms with Gasteiger partial charge in [0.05, 0.1) is 10.2 Å². The number of nitrogens with one attached hydrogen (secondary N) is 1. The summed E-state index contributed by atoms with van der Waals surface area (Å²) in [6.07, 6.45) is 0.471. The van der Waals surface area contributed by atoms with E-state index in [0.29, 0.717) is 6.42 Å². The Labute approximate surface area is 161 Å². The van der Waals surface area contributed by atoms with Crippen molar-refractivity contribution in [2.75, 3.05) is 11.1 Å². The summed E-state index contributed by atoms with van der Waals surface area (Å²) in [5, 5.41) is 2.93. The number of thiazole rings is 1. The highest BCUT2D eigenvalue weighted by molar-refractivity contribution is 7.98. The molecule has 2 aromatic carbocycles. The number of fused-ring (bicyclic) bond motifs is 1. The van der Waals surface area contributed by atoms with Crippen molar-refractivity contribution in [2.45, 2.75) is 32.1 Å². The van der Waals surface area contributed by atoms with Crippen LogP contribution in [-0.4, -0.2) is 16.2 Å². The molecule has 0 spiro atoms. The highest BCUT2D eigenvalue weighted by Crippen LogP contribution is 2.24. The van der Waals surface area contributed by atoms with E-state index < -0.39 is 0 Å². The smallest absolute Gasteiger partial charge is 0.308 e. The van der Waals surface area contributed by atoms with Crippen molar-refractivity contribution in [3.8, 4) is 0 Å². The van der Waals surface area contributed by atoms with Crippen LogP contribution in [0, 0.1) is 0 Å². The summed E-state index contributed by atoms with van der Waals surface area (Å²) in [6.45, 7) is 3.99. The fourth-order valence-corrected chi connectivity index (χ4v) is 4.71. The van der Waals surface area contributed by atoms with E-state index in [4.69, 9.17) is 0 Å². The minimum absolute atomic E-state index is 0.000510. The predicted molar refractivity (Wildman–Crippen MR) is 112 cm³/mol. The number of nitrogens with zero attached hydrogens (tertiary/aromatic N) is 1. The lowest BCUT2D eigenvalue weighted by molar-refractivity contribution is -0.115. The second kappa shape index (κ2) is 8.56. The minimum atomic E-state index is 0.000510. The van der Waals surface area contributed by atoms with Gasteiger partial charge in [0.1, 0.15) is 0 Å². The molecule has 0 fully saturated rings. The highest BCUT2D eigenvalue weighted by atomic mass is 32.2. The van der Waals surface area contributed by atoms with E-state index in [9.17, 15) is 9.59 Å². The van der Waals surface area contributed by atoms with Gasteiger partial charge in [0, 0.05) is 29.7 Å². The lowest BCUT2D eigenvalue weighted by Crippen LogP contribution is -2.14. The molecule has 0 radical (unpaired) electrons. The van der Waals surface area contributed by atoms with Crippen molar-refractivity contribution < 1.29 is 4.79 Å². The molecule has 0 atom stereocenters. The van der Waals surface area contributed by atoms with Gasteiger partial charge in [0.15, 0.2) is 0 Å². The van der Waals surface area contributed by atoms with E-state index >= 15 is 0 Å². The van der Waals surface area contributed by atoms with Crippen LogP contribution in [0.2, 0.25) is 0 Å². The van der Waals surface area contributed by atoms with Gasteiger partial charge in [-0.05, 0) is 37.6 Å². The summed E-state index contributed by atoms with van der Waals surface area (Å²) >= 11 is 2.97. The molecule has 3 rings (SSSR count). The number of thioether (sulfide) groups is 1. The van der Waals surface area contributed by atoms with Crippen LogP contribution in [0.4, 0.5) is 5.69 Å². The van der Waals surface area contributed by atoms with Crippen LogP contribution in [0.25, 0.3) is 10.2 Å². The average molecular weight is 387 g/mol. The van der Waals surface area contributed by atoms with Gasteiger partial charge in [0.25, 0.3) is 0 Å². The second-order valence-corrected chi connectivity index (χ2v) is 8.45. The molecule has 0 aliphatic carbocycles. The molecule has 0 aliphatic heterocycles. The molecule has 1 aromatic heterocycles. The fourth-order valence-electron chi connectivity index (χ4n) is 2.76. The monoisotopic (exact) mass is 386 g/mol. The van der Waals surface area contributed by atoms with E-state index in [2.05, 4.69) is 17.4 Å². The molecule has 1 amide bonds. The lowest BCUT2D eigenvalue weighted by Gasteiger charge is -2.08. The number of rotatable bonds is 7. The fraction of sp³-hybridized carbons (Fsp3) is 0.300. The zero-order chi connectivity index (χ0) is 18.5. The minimum Gasteiger partial charge on any atom is -0.326 e. The van der Waals surface area contributed by atoms with Crippen molar-refractivity contribution >= 4 is 44.9 Å². The molecular formula is C20H22N2O2S2. The number of benzene rings is 2. The van der Waals surface area contributed by atoms with Crippen LogP contribution in [0.5, 0.6) is 0 Å². The van der Waals surface area contributed by atoms with Gasteiger partial charge in [-0.3, -0.25) is 14.2 Å². The van der Waals surface area contributed by atoms with Gasteiger partial charge in [-0.25, -0.2) is 0 Å². The van der Waals surface area contributed by atoms with Crippen LogP contribution in [0.3, 0.4) is 0 Å². The molecule has 0 saturated heterocycles. The summed E-state index contributed by atoms with van der Waals surface area (Å²) in [5.41, 5.74) is 2.94. The van der Waals surface area contributed by atoms with Gasteiger partial charge < -0.3 is 5.32 Å². The van der Waals surface area contributed by atoms with Crippen LogP contribution < -0.4 is 10.2 Å². The Hall–Kier alpha value is -2.05. The maximum atomic E-state index is 12.2. The Morgan fingerprint density at radius 2 is 1.96 bits per heavy atom. The van der Waals surface area contributed by atoms with Gasteiger partial charge in [-0.15, -0.1) is 0 Å². The molecular weight excluding hydrogens is 364 g/mol. The standard InChI is InChI=1S/C20H22N2O2S2/c1-14(2)22-17-9-8-16(12-18(17)26-20(22)24)21-19(23)10-11-25-13-15-6-4-3-5-7-15/h3-9,12,14H,10-11,13H2,1-2H3,(H,21,23). The first-order valence-corrected chi connectivity index (χ1v) is 10.6. The molecule has 1 N–H and O–H groups in total. The van der Waals surface area contributed by atoms with E-state index in [0.717, 1.165) is 27.4 Å². The molecule has 136 valence electrons. The molecule has 4 nitrogen and oxygen atoms in total. The van der Waals surface area contributed by atoms with Gasteiger partial charge in [-0.1, -0.05) is 41.7 Å². The Kier molecular flexibility index (Phi) is 6.16. The molecule has 6 heteroatoms. The molecule has 26 heavy (non-hydrogen) atoms. The first-order chi connectivity index (χ1) is 12.5. The maximum Gasteiger partial charge on any atom is 0.308 e. The predicted octanol–water partition coefficient (Wildman–Crippen LogP) is 4.91. The number of hydrogen-bond donors (Lipinski definition) is 1. The third-order valence-corrected chi connectivity index (χ3v) is 5.95. The SMILES string of the molecule is CC(C)n1c(=O)sc2cc(NC(=O)CCSCc3ccccc3)ccc21. The number of carbonyl (C=O) groups is 1. The quantitative estimate of drug-likeness (QED) is 0.587. The van der Waals surface area contributed by atoms with Crippen molar-refractivity contribution in [3.63, 3.8) is 0 Å². The molecule has 0 bridgehead atoms. The summed E-state index contributed by atoms with van der Waals surface area (Å²) in [4.78, 5) is 24.3. The highest BCUT2D eigenvalue weighted by Gasteiger charge is 2.11. The van der Waals surface area contributed by atoms with Crippen molar-refractivity contribution in [2.24, 2.45) is 0 Å². The summed E-state index contributed by atoms with van der Waals surface area (Å²) in [6, 6.07) is 16.0. The second-order valence-electron chi connectivity index (χ2n) is 6.35. The lowest BCUT2D eigenvalue weighted by atomic mass is 10.2. The Bertz CT molecular complexity index is 945. The van der Waals surface area contributed by atoms with E-state index in [1.807, 2.05) is 50.2 Å². The summed E-state index contributed by atoms with van der Waals surface area (Å²) in [7, 11) is 0. The van der Waals surface area contributed by atoms with E-state index in [-0.39, 0.29) is 16.8 Å². The number of hydrogen-bond acceptors (Lipinski definition) is 4. The van der Waals surface area contributed by atoms with E-state index in [1.54, 1.807) is 16.3 Å². The van der Waals surface area contributed by atoms with Gasteiger partial charge in [0.2, 0.25) is 5.91 Å². The number of aromatic nitrogens is 1. The number of anilines is 1. The maximum absolute atomic E-state index is 12.2. The summed E-state index contributed by atoms with van der Waals surface area (Å²) < 4.78 is 2.69. The molecule has 3 aromatic rings. The van der Waals surface area contributed by atoms with Crippen LogP contribution >= 0.6 is 23.1 Å². The first kappa shape index (κ1) is 18.7. The average Bonchev–Trinajstić information content (AvgIpc) is 2.95. The van der Waals surface area contributed by atoms with E-state index in [1.165, 1.54) is 16.9 Å². The third kappa shape index (κ3) is 4.56. The van der Waals surface area contributed by atoms with Gasteiger partial charge in [-0.2, -0.15) is 11.8 Å². The molecule has 1 heterocycles. The van der Waals surface area contributed by atoms with Crippen molar-refractivity contribution in [1.29, 1.82) is 0 Å². The topological polar surface area (TPSA) is 51.1 Å². The van der Waals surface area contributed by atoms with Crippen LogP contribution in [0.1, 0.15) is 31.9 Å². The van der Waals surface area contributed by atoms with Crippen molar-refractivity contribution in [3.05, 3.63) is 63.8 Å². The van der Waals surface area contributed by atoms with Crippen molar-refractivity contribution in [1.82, 2.24) is 4.57 Å². The van der Waals surface area contributed by atoms with Gasteiger partial charge >= 0.3 is 4.87 Å². The molecule has 0 aliphatic rings. The van der Waals surface area contributed by atoms with Crippen LogP contribution in [-0.2, 0) is 10.5 Å². The Balaban J connectivity index is 1.55.